The molecular formula is C25H27N3O6. The van der Waals surface area contributed by atoms with Gasteiger partial charge in [0, 0.05) is 5.56 Å². The van der Waals surface area contributed by atoms with E-state index in [1.807, 2.05) is 6.92 Å². The van der Waals surface area contributed by atoms with Gasteiger partial charge >= 0.3 is 11.7 Å². The molecule has 2 aromatic carbocycles. The Labute approximate surface area is 196 Å². The van der Waals surface area contributed by atoms with E-state index in [-0.39, 0.29) is 6.61 Å². The Morgan fingerprint density at radius 1 is 1.21 bits per heavy atom. The van der Waals surface area contributed by atoms with E-state index >= 15 is 0 Å². The molecule has 1 N–H and O–H groups in total. The standard InChI is InChI=1S/C25H27N3O6/c1-5-10-18-13-17(14-21(32-6-2)22(18)34-16(4)24(30)33-7-3)15-26-28-23(29)19-11-8-9-12-20(19)27-25(28)31/h5,8-9,11-16H,1,6-7,10H2,2-4H3,(H,27,31)/t16-/m0/s1. The summed E-state index contributed by atoms with van der Waals surface area (Å²) >= 11 is 0. The molecule has 0 aliphatic rings. The van der Waals surface area contributed by atoms with Crippen LogP contribution >= 0.6 is 0 Å². The van der Waals surface area contributed by atoms with Crippen molar-refractivity contribution >= 4 is 23.1 Å². The number of rotatable bonds is 10. The average Bonchev–Trinajstić information content (AvgIpc) is 2.81. The second-order valence-corrected chi connectivity index (χ2v) is 7.28. The number of aromatic amines is 1. The highest BCUT2D eigenvalue weighted by molar-refractivity contribution is 5.82. The van der Waals surface area contributed by atoms with E-state index in [0.29, 0.717) is 46.6 Å². The van der Waals surface area contributed by atoms with Crippen LogP contribution in [0.25, 0.3) is 10.9 Å². The molecule has 1 aromatic heterocycles. The molecule has 0 amide bonds. The van der Waals surface area contributed by atoms with Crippen LogP contribution in [0.2, 0.25) is 0 Å². The van der Waals surface area contributed by atoms with Crippen molar-refractivity contribution in [2.24, 2.45) is 5.10 Å². The van der Waals surface area contributed by atoms with Crippen molar-refractivity contribution in [2.45, 2.75) is 33.3 Å². The van der Waals surface area contributed by atoms with E-state index in [2.05, 4.69) is 16.7 Å². The number of carbonyl (C=O) groups is 1. The lowest BCUT2D eigenvalue weighted by atomic mass is 10.1. The number of allylic oxidation sites excluding steroid dienone is 1. The van der Waals surface area contributed by atoms with Gasteiger partial charge in [0.05, 0.1) is 30.3 Å². The van der Waals surface area contributed by atoms with Crippen LogP contribution in [-0.4, -0.2) is 41.2 Å². The van der Waals surface area contributed by atoms with Crippen molar-refractivity contribution in [3.8, 4) is 11.5 Å². The maximum Gasteiger partial charge on any atom is 0.349 e. The summed E-state index contributed by atoms with van der Waals surface area (Å²) in [6.45, 7) is 9.51. The maximum absolute atomic E-state index is 12.7. The van der Waals surface area contributed by atoms with Gasteiger partial charge in [0.25, 0.3) is 5.56 Å². The fraction of sp³-hybridized carbons (Fsp3) is 0.280. The van der Waals surface area contributed by atoms with Gasteiger partial charge in [0.2, 0.25) is 0 Å². The summed E-state index contributed by atoms with van der Waals surface area (Å²) in [6.07, 6.45) is 2.64. The molecular weight excluding hydrogens is 438 g/mol. The summed E-state index contributed by atoms with van der Waals surface area (Å²) in [6, 6.07) is 10.1. The molecule has 1 heterocycles. The minimum Gasteiger partial charge on any atom is -0.490 e. The number of benzene rings is 2. The van der Waals surface area contributed by atoms with Crippen LogP contribution in [0.15, 0.2) is 63.7 Å². The van der Waals surface area contributed by atoms with Crippen LogP contribution in [0.4, 0.5) is 0 Å². The number of para-hydroxylation sites is 1. The molecule has 3 rings (SSSR count). The van der Waals surface area contributed by atoms with Crippen LogP contribution in [-0.2, 0) is 16.0 Å². The largest absolute Gasteiger partial charge is 0.490 e. The Hall–Kier alpha value is -4.14. The Bertz CT molecular complexity index is 1340. The topological polar surface area (TPSA) is 112 Å². The van der Waals surface area contributed by atoms with E-state index in [1.165, 1.54) is 6.21 Å². The first kappa shape index (κ1) is 24.5. The lowest BCUT2D eigenvalue weighted by Gasteiger charge is -2.19. The SMILES string of the molecule is C=CCc1cc(C=Nn2c(=O)[nH]c3ccccc3c2=O)cc(OCC)c1O[C@@H](C)C(=O)OCC. The minimum atomic E-state index is -0.850. The molecule has 0 saturated carbocycles. The molecule has 1 atom stereocenters. The summed E-state index contributed by atoms with van der Waals surface area (Å²) < 4.78 is 17.4. The van der Waals surface area contributed by atoms with Crippen molar-refractivity contribution < 1.29 is 19.0 Å². The van der Waals surface area contributed by atoms with Crippen LogP contribution < -0.4 is 20.7 Å². The number of hydrogen-bond donors (Lipinski definition) is 1. The molecule has 0 bridgehead atoms. The summed E-state index contributed by atoms with van der Waals surface area (Å²) in [5.74, 6) is 0.287. The Kier molecular flexibility index (Phi) is 8.02. The molecule has 9 heteroatoms. The van der Waals surface area contributed by atoms with Gasteiger partial charge < -0.3 is 19.2 Å². The van der Waals surface area contributed by atoms with Crippen LogP contribution in [0.3, 0.4) is 0 Å². The molecule has 0 unspecified atom stereocenters. The van der Waals surface area contributed by atoms with E-state index in [9.17, 15) is 14.4 Å². The number of carbonyl (C=O) groups excluding carboxylic acids is 1. The van der Waals surface area contributed by atoms with Gasteiger partial charge in [-0.15, -0.1) is 11.3 Å². The monoisotopic (exact) mass is 465 g/mol. The summed E-state index contributed by atoms with van der Waals surface area (Å²) in [5.41, 5.74) is 0.511. The van der Waals surface area contributed by atoms with E-state index < -0.39 is 23.3 Å². The molecule has 0 fully saturated rings. The van der Waals surface area contributed by atoms with Crippen LogP contribution in [0, 0.1) is 0 Å². The maximum atomic E-state index is 12.7. The molecule has 0 spiro atoms. The Morgan fingerprint density at radius 3 is 2.68 bits per heavy atom. The third-order valence-corrected chi connectivity index (χ3v) is 4.84. The lowest BCUT2D eigenvalue weighted by Crippen LogP contribution is -2.32. The number of hydrogen-bond acceptors (Lipinski definition) is 7. The summed E-state index contributed by atoms with van der Waals surface area (Å²) in [4.78, 5) is 39.8. The Balaban J connectivity index is 2.04. The zero-order valence-electron chi connectivity index (χ0n) is 19.4. The van der Waals surface area contributed by atoms with Crippen molar-refractivity contribution in [3.63, 3.8) is 0 Å². The van der Waals surface area contributed by atoms with Gasteiger partial charge in [-0.05, 0) is 57.0 Å². The highest BCUT2D eigenvalue weighted by Crippen LogP contribution is 2.34. The van der Waals surface area contributed by atoms with Gasteiger partial charge in [0.15, 0.2) is 17.6 Å². The van der Waals surface area contributed by atoms with E-state index in [4.69, 9.17) is 14.2 Å². The van der Waals surface area contributed by atoms with Crippen molar-refractivity contribution in [3.05, 3.63) is 81.0 Å². The number of fused-ring (bicyclic) bond motifs is 1. The highest BCUT2D eigenvalue weighted by Gasteiger charge is 2.21. The molecule has 9 nitrogen and oxygen atoms in total. The number of H-pyrrole nitrogens is 1. The van der Waals surface area contributed by atoms with Gasteiger partial charge in [-0.2, -0.15) is 5.10 Å². The predicted molar refractivity (Wildman–Crippen MR) is 130 cm³/mol. The van der Waals surface area contributed by atoms with Crippen molar-refractivity contribution in [2.75, 3.05) is 13.2 Å². The highest BCUT2D eigenvalue weighted by atomic mass is 16.6. The second-order valence-electron chi connectivity index (χ2n) is 7.28. The first-order chi connectivity index (χ1) is 16.4. The summed E-state index contributed by atoms with van der Waals surface area (Å²) in [7, 11) is 0. The normalized spacial score (nSPS) is 12.0. The molecule has 3 aromatic rings. The van der Waals surface area contributed by atoms with Gasteiger partial charge in [0.1, 0.15) is 0 Å². The molecule has 34 heavy (non-hydrogen) atoms. The Morgan fingerprint density at radius 2 is 1.97 bits per heavy atom. The lowest BCUT2D eigenvalue weighted by molar-refractivity contribution is -0.150. The first-order valence-electron chi connectivity index (χ1n) is 10.9. The molecule has 0 aliphatic carbocycles. The quantitative estimate of drug-likeness (QED) is 0.280. The fourth-order valence-electron chi connectivity index (χ4n) is 3.33. The number of ether oxygens (including phenoxy) is 3. The van der Waals surface area contributed by atoms with Crippen molar-refractivity contribution in [1.82, 2.24) is 9.66 Å². The molecule has 0 saturated heterocycles. The third-order valence-electron chi connectivity index (χ3n) is 4.84. The van der Waals surface area contributed by atoms with Gasteiger partial charge in [-0.25, -0.2) is 9.59 Å². The molecule has 0 radical (unpaired) electrons. The second kappa shape index (κ2) is 11.1. The zero-order chi connectivity index (χ0) is 24.7. The van der Waals surface area contributed by atoms with Gasteiger partial charge in [-0.1, -0.05) is 18.2 Å². The number of nitrogens with zero attached hydrogens (tertiary/aromatic N) is 2. The van der Waals surface area contributed by atoms with Crippen molar-refractivity contribution in [1.29, 1.82) is 0 Å². The molecule has 178 valence electrons. The molecule has 0 aliphatic heterocycles. The third kappa shape index (κ3) is 5.43. The number of aromatic nitrogens is 2. The summed E-state index contributed by atoms with van der Waals surface area (Å²) in [5, 5.41) is 4.46. The number of nitrogens with one attached hydrogen (secondary N) is 1. The van der Waals surface area contributed by atoms with Gasteiger partial charge in [-0.3, -0.25) is 4.79 Å². The minimum absolute atomic E-state index is 0.243. The fourth-order valence-corrected chi connectivity index (χ4v) is 3.33. The van der Waals surface area contributed by atoms with Crippen LogP contribution in [0.1, 0.15) is 31.9 Å². The first-order valence-corrected chi connectivity index (χ1v) is 10.9. The predicted octanol–water partition coefficient (Wildman–Crippen LogP) is 3.03. The van der Waals surface area contributed by atoms with E-state index in [0.717, 1.165) is 4.68 Å². The number of esters is 1. The smallest absolute Gasteiger partial charge is 0.349 e. The van der Waals surface area contributed by atoms with Crippen LogP contribution in [0.5, 0.6) is 11.5 Å². The zero-order valence-corrected chi connectivity index (χ0v) is 19.4. The van der Waals surface area contributed by atoms with E-state index in [1.54, 1.807) is 56.3 Å². The average molecular weight is 466 g/mol.